The first-order chi connectivity index (χ1) is 10.5. The van der Waals surface area contributed by atoms with E-state index in [1.807, 2.05) is 30.3 Å². The van der Waals surface area contributed by atoms with Crippen molar-refractivity contribution >= 4 is 0 Å². The van der Waals surface area contributed by atoms with Crippen LogP contribution in [0.1, 0.15) is 24.1 Å². The molecule has 2 rings (SSSR count). The lowest BCUT2D eigenvalue weighted by atomic mass is 9.96. The van der Waals surface area contributed by atoms with Gasteiger partial charge in [0.2, 0.25) is 0 Å². The van der Waals surface area contributed by atoms with E-state index in [-0.39, 0.29) is 12.6 Å². The highest BCUT2D eigenvalue weighted by molar-refractivity contribution is 5.22. The third kappa shape index (κ3) is 4.34. The molecule has 22 heavy (non-hydrogen) atoms. The lowest BCUT2D eigenvalue weighted by Crippen LogP contribution is -2.44. The van der Waals surface area contributed by atoms with Gasteiger partial charge in [-0.05, 0) is 30.2 Å². The molecule has 118 valence electrons. The fraction of sp³-hybridized carbons (Fsp3) is 0.294. The summed E-state index contributed by atoms with van der Waals surface area (Å²) in [5.74, 6) is -1.24. The lowest BCUT2D eigenvalue weighted by molar-refractivity contribution is 0.142. The molecule has 0 fully saturated rings. The van der Waals surface area contributed by atoms with Crippen molar-refractivity contribution in [3.8, 4) is 0 Å². The van der Waals surface area contributed by atoms with Crippen LogP contribution in [0.2, 0.25) is 0 Å². The summed E-state index contributed by atoms with van der Waals surface area (Å²) in [5, 5.41) is 12.9. The maximum atomic E-state index is 13.2. The topological polar surface area (TPSA) is 58.3 Å². The van der Waals surface area contributed by atoms with Crippen LogP contribution in [0.25, 0.3) is 0 Å². The maximum Gasteiger partial charge on any atom is 0.126 e. The van der Waals surface area contributed by atoms with Gasteiger partial charge in [-0.25, -0.2) is 8.78 Å². The van der Waals surface area contributed by atoms with E-state index in [4.69, 9.17) is 5.73 Å². The average Bonchev–Trinajstić information content (AvgIpc) is 2.47. The van der Waals surface area contributed by atoms with Crippen LogP contribution in [0.4, 0.5) is 8.78 Å². The molecule has 0 saturated heterocycles. The highest BCUT2D eigenvalue weighted by Gasteiger charge is 2.23. The lowest BCUT2D eigenvalue weighted by Gasteiger charge is -2.27. The van der Waals surface area contributed by atoms with Gasteiger partial charge >= 0.3 is 0 Å². The summed E-state index contributed by atoms with van der Waals surface area (Å²) >= 11 is 0. The Balaban J connectivity index is 2.16. The Morgan fingerprint density at radius 3 is 2.23 bits per heavy atom. The molecule has 0 aliphatic rings. The Morgan fingerprint density at radius 2 is 1.68 bits per heavy atom. The Morgan fingerprint density at radius 1 is 1.09 bits per heavy atom. The van der Waals surface area contributed by atoms with Crippen LogP contribution in [-0.2, 0) is 6.54 Å². The summed E-state index contributed by atoms with van der Waals surface area (Å²) in [6.07, 6.45) is -0.720. The average molecular weight is 306 g/mol. The van der Waals surface area contributed by atoms with Crippen LogP contribution in [0, 0.1) is 11.6 Å². The quantitative estimate of drug-likeness (QED) is 0.768. The van der Waals surface area contributed by atoms with E-state index < -0.39 is 23.8 Å². The fourth-order valence-electron chi connectivity index (χ4n) is 2.36. The van der Waals surface area contributed by atoms with Gasteiger partial charge in [0.15, 0.2) is 0 Å². The normalized spacial score (nSPS) is 15.3. The summed E-state index contributed by atoms with van der Waals surface area (Å²) < 4.78 is 26.5. The predicted molar refractivity (Wildman–Crippen MR) is 82.0 cm³/mol. The van der Waals surface area contributed by atoms with Gasteiger partial charge in [-0.2, -0.15) is 0 Å². The third-order valence-corrected chi connectivity index (χ3v) is 3.55. The van der Waals surface area contributed by atoms with Gasteiger partial charge in [-0.15, -0.1) is 0 Å². The van der Waals surface area contributed by atoms with Crippen molar-refractivity contribution in [3.05, 3.63) is 71.3 Å². The predicted octanol–water partition coefficient (Wildman–Crippen LogP) is 2.50. The van der Waals surface area contributed by atoms with Crippen LogP contribution in [0.3, 0.4) is 0 Å². The van der Waals surface area contributed by atoms with Gasteiger partial charge in [-0.1, -0.05) is 30.3 Å². The van der Waals surface area contributed by atoms with Crippen molar-refractivity contribution in [2.45, 2.75) is 31.7 Å². The number of benzene rings is 2. The largest absolute Gasteiger partial charge is 0.392 e. The molecule has 0 spiro atoms. The zero-order chi connectivity index (χ0) is 16.1. The SMILES string of the molecule is C[C@@H](O)[C@@H](N)C(NCc1cc(F)cc(F)c1)c1ccccc1. The van der Waals surface area contributed by atoms with Crippen LogP contribution < -0.4 is 11.1 Å². The summed E-state index contributed by atoms with van der Waals surface area (Å²) in [6, 6.07) is 11.9. The van der Waals surface area contributed by atoms with Crippen molar-refractivity contribution in [2.75, 3.05) is 0 Å². The first-order valence-electron chi connectivity index (χ1n) is 7.14. The summed E-state index contributed by atoms with van der Waals surface area (Å²) in [7, 11) is 0. The molecule has 1 unspecified atom stereocenters. The molecule has 3 atom stereocenters. The van der Waals surface area contributed by atoms with Crippen LogP contribution >= 0.6 is 0 Å². The van der Waals surface area contributed by atoms with Gasteiger partial charge in [0, 0.05) is 18.7 Å². The van der Waals surface area contributed by atoms with E-state index in [2.05, 4.69) is 5.32 Å². The fourth-order valence-corrected chi connectivity index (χ4v) is 2.36. The van der Waals surface area contributed by atoms with Crippen molar-refractivity contribution in [1.29, 1.82) is 0 Å². The number of hydrogen-bond acceptors (Lipinski definition) is 3. The van der Waals surface area contributed by atoms with Gasteiger partial charge in [-0.3, -0.25) is 0 Å². The Kier molecular flexibility index (Phi) is 5.60. The second-order valence-corrected chi connectivity index (χ2v) is 5.36. The highest BCUT2D eigenvalue weighted by Crippen LogP contribution is 2.19. The molecule has 0 aliphatic carbocycles. The first kappa shape index (κ1) is 16.5. The number of halogens is 2. The molecule has 2 aromatic rings. The molecule has 3 nitrogen and oxygen atoms in total. The molecule has 0 aromatic heterocycles. The molecule has 0 bridgehead atoms. The molecular formula is C17H20F2N2O. The molecule has 0 aliphatic heterocycles. The molecule has 2 aromatic carbocycles. The number of rotatable bonds is 6. The van der Waals surface area contributed by atoms with Crippen LogP contribution in [-0.4, -0.2) is 17.3 Å². The molecule has 0 saturated carbocycles. The van der Waals surface area contributed by atoms with E-state index >= 15 is 0 Å². The minimum atomic E-state index is -0.720. The van der Waals surface area contributed by atoms with E-state index in [0.717, 1.165) is 11.6 Å². The molecule has 0 heterocycles. The number of aliphatic hydroxyl groups is 1. The minimum absolute atomic E-state index is 0.245. The third-order valence-electron chi connectivity index (χ3n) is 3.55. The van der Waals surface area contributed by atoms with Gasteiger partial charge < -0.3 is 16.2 Å². The van der Waals surface area contributed by atoms with Crippen molar-refractivity contribution in [3.63, 3.8) is 0 Å². The number of nitrogens with two attached hydrogens (primary N) is 1. The standard InChI is InChI=1S/C17H20F2N2O/c1-11(22)16(20)17(13-5-3-2-4-6-13)21-10-12-7-14(18)9-15(19)8-12/h2-9,11,16-17,21-22H,10,20H2,1H3/t11-,16-,17?/m1/s1. The second-order valence-electron chi connectivity index (χ2n) is 5.36. The Hall–Kier alpha value is -1.82. The number of hydrogen-bond donors (Lipinski definition) is 3. The number of nitrogens with one attached hydrogen (secondary N) is 1. The first-order valence-corrected chi connectivity index (χ1v) is 7.14. The maximum absolute atomic E-state index is 13.2. The zero-order valence-corrected chi connectivity index (χ0v) is 12.3. The van der Waals surface area contributed by atoms with Crippen molar-refractivity contribution in [1.82, 2.24) is 5.32 Å². The van der Waals surface area contributed by atoms with Gasteiger partial charge in [0.25, 0.3) is 0 Å². The van der Waals surface area contributed by atoms with E-state index in [9.17, 15) is 13.9 Å². The summed E-state index contributed by atoms with van der Waals surface area (Å²) in [4.78, 5) is 0. The second kappa shape index (κ2) is 7.45. The molecular weight excluding hydrogens is 286 g/mol. The Labute approximate surface area is 128 Å². The van der Waals surface area contributed by atoms with E-state index in [1.54, 1.807) is 6.92 Å². The van der Waals surface area contributed by atoms with E-state index in [0.29, 0.717) is 5.56 Å². The molecule has 0 radical (unpaired) electrons. The van der Waals surface area contributed by atoms with Crippen LogP contribution in [0.15, 0.2) is 48.5 Å². The van der Waals surface area contributed by atoms with Crippen molar-refractivity contribution < 1.29 is 13.9 Å². The monoisotopic (exact) mass is 306 g/mol. The number of aliphatic hydroxyl groups excluding tert-OH is 1. The highest BCUT2D eigenvalue weighted by atomic mass is 19.1. The zero-order valence-electron chi connectivity index (χ0n) is 12.3. The molecule has 4 N–H and O–H groups in total. The minimum Gasteiger partial charge on any atom is -0.392 e. The van der Waals surface area contributed by atoms with Gasteiger partial charge in [0.1, 0.15) is 11.6 Å². The Bertz CT molecular complexity index is 585. The van der Waals surface area contributed by atoms with E-state index in [1.165, 1.54) is 12.1 Å². The van der Waals surface area contributed by atoms with Crippen molar-refractivity contribution in [2.24, 2.45) is 5.73 Å². The summed E-state index contributed by atoms with van der Waals surface area (Å²) in [6.45, 7) is 1.86. The van der Waals surface area contributed by atoms with Crippen LogP contribution in [0.5, 0.6) is 0 Å². The molecule has 0 amide bonds. The molecule has 5 heteroatoms. The van der Waals surface area contributed by atoms with Gasteiger partial charge in [0.05, 0.1) is 12.1 Å². The summed E-state index contributed by atoms with van der Waals surface area (Å²) in [5.41, 5.74) is 7.45. The smallest absolute Gasteiger partial charge is 0.126 e.